The number of aryl methyl sites for hydroxylation is 1. The van der Waals surface area contributed by atoms with Gasteiger partial charge in [-0.3, -0.25) is 4.79 Å². The van der Waals surface area contributed by atoms with Gasteiger partial charge in [-0.15, -0.1) is 10.2 Å². The van der Waals surface area contributed by atoms with E-state index >= 15 is 0 Å². The summed E-state index contributed by atoms with van der Waals surface area (Å²) in [6.07, 6.45) is 1.65. The Balaban J connectivity index is 1.75. The summed E-state index contributed by atoms with van der Waals surface area (Å²) in [4.78, 5) is 12.3. The van der Waals surface area contributed by atoms with Gasteiger partial charge in [-0.05, 0) is 47.0 Å². The van der Waals surface area contributed by atoms with Gasteiger partial charge in [0.25, 0.3) is 0 Å². The van der Waals surface area contributed by atoms with E-state index in [9.17, 15) is 4.79 Å². The van der Waals surface area contributed by atoms with Crippen LogP contribution in [0.1, 0.15) is 19.6 Å². The lowest BCUT2D eigenvalue weighted by Crippen LogP contribution is -2.15. The van der Waals surface area contributed by atoms with Gasteiger partial charge < -0.3 is 14.3 Å². The second-order valence-corrected chi connectivity index (χ2v) is 8.31. The number of hydrogen-bond acceptors (Lipinski definition) is 5. The standard InChI is InChI=1S/C19H21BrN4O2S/c1-12(2)10-24-18(14-8-9-26-13(14)3)22-23-19(24)27-11-17(25)21-16-7-5-4-6-15(16)20/h4-9,12H,10-11H2,1-3H3,(H,21,25). The molecule has 1 aromatic carbocycles. The summed E-state index contributed by atoms with van der Waals surface area (Å²) in [6, 6.07) is 9.42. The van der Waals surface area contributed by atoms with Crippen molar-refractivity contribution in [3.05, 3.63) is 46.8 Å². The number of benzene rings is 1. The van der Waals surface area contributed by atoms with Crippen molar-refractivity contribution >= 4 is 39.3 Å². The Morgan fingerprint density at radius 3 is 2.74 bits per heavy atom. The Hall–Kier alpha value is -2.06. The molecule has 0 radical (unpaired) electrons. The summed E-state index contributed by atoms with van der Waals surface area (Å²) in [5.41, 5.74) is 1.68. The van der Waals surface area contributed by atoms with Gasteiger partial charge in [0.15, 0.2) is 11.0 Å². The van der Waals surface area contributed by atoms with Crippen molar-refractivity contribution < 1.29 is 9.21 Å². The highest BCUT2D eigenvalue weighted by atomic mass is 79.9. The van der Waals surface area contributed by atoms with Crippen LogP contribution in [0, 0.1) is 12.8 Å². The van der Waals surface area contributed by atoms with Crippen molar-refractivity contribution in [2.45, 2.75) is 32.5 Å². The summed E-state index contributed by atoms with van der Waals surface area (Å²) in [5, 5.41) is 12.3. The van der Waals surface area contributed by atoms with Crippen LogP contribution in [0.15, 0.2) is 50.6 Å². The Labute approximate surface area is 170 Å². The normalized spacial score (nSPS) is 11.1. The molecule has 0 aliphatic heterocycles. The summed E-state index contributed by atoms with van der Waals surface area (Å²) < 4.78 is 8.31. The Morgan fingerprint density at radius 2 is 2.07 bits per heavy atom. The van der Waals surface area contributed by atoms with Gasteiger partial charge in [-0.25, -0.2) is 0 Å². The number of carbonyl (C=O) groups excluding carboxylic acids is 1. The molecule has 0 aliphatic carbocycles. The number of furan rings is 1. The van der Waals surface area contributed by atoms with E-state index in [4.69, 9.17) is 4.42 Å². The largest absolute Gasteiger partial charge is 0.469 e. The number of carbonyl (C=O) groups is 1. The molecule has 6 nitrogen and oxygen atoms in total. The van der Waals surface area contributed by atoms with Crippen molar-refractivity contribution in [1.29, 1.82) is 0 Å². The zero-order valence-corrected chi connectivity index (χ0v) is 17.8. The molecular formula is C19H21BrN4O2S. The molecule has 0 fully saturated rings. The number of amides is 1. The van der Waals surface area contributed by atoms with Gasteiger partial charge in [-0.1, -0.05) is 37.7 Å². The van der Waals surface area contributed by atoms with Crippen molar-refractivity contribution in [2.75, 3.05) is 11.1 Å². The predicted molar refractivity (Wildman–Crippen MR) is 111 cm³/mol. The summed E-state index contributed by atoms with van der Waals surface area (Å²) in [6.45, 7) is 6.95. The zero-order valence-electron chi connectivity index (χ0n) is 15.4. The van der Waals surface area contributed by atoms with Crippen molar-refractivity contribution in [1.82, 2.24) is 14.8 Å². The molecule has 0 unspecified atom stereocenters. The molecule has 1 N–H and O–H groups in total. The lowest BCUT2D eigenvalue weighted by atomic mass is 10.2. The minimum absolute atomic E-state index is 0.0907. The minimum Gasteiger partial charge on any atom is -0.469 e. The average Bonchev–Trinajstić information content (AvgIpc) is 3.20. The third kappa shape index (κ3) is 4.81. The van der Waals surface area contributed by atoms with Gasteiger partial charge in [0.05, 0.1) is 23.3 Å². The van der Waals surface area contributed by atoms with E-state index in [0.29, 0.717) is 5.92 Å². The van der Waals surface area contributed by atoms with Crippen LogP contribution in [0.4, 0.5) is 5.69 Å². The third-order valence-corrected chi connectivity index (χ3v) is 5.50. The molecule has 0 aliphatic rings. The zero-order chi connectivity index (χ0) is 19.4. The van der Waals surface area contributed by atoms with Crippen LogP contribution in [0.5, 0.6) is 0 Å². The molecule has 0 bridgehead atoms. The van der Waals surface area contributed by atoms with E-state index in [1.165, 1.54) is 11.8 Å². The quantitative estimate of drug-likeness (QED) is 0.514. The number of nitrogens with one attached hydrogen (secondary N) is 1. The van der Waals surface area contributed by atoms with Crippen molar-refractivity contribution in [3.63, 3.8) is 0 Å². The lowest BCUT2D eigenvalue weighted by molar-refractivity contribution is -0.113. The van der Waals surface area contributed by atoms with E-state index in [2.05, 4.69) is 49.9 Å². The van der Waals surface area contributed by atoms with E-state index in [-0.39, 0.29) is 11.7 Å². The van der Waals surface area contributed by atoms with E-state index in [1.54, 1.807) is 6.26 Å². The number of rotatable bonds is 7. The van der Waals surface area contributed by atoms with Crippen LogP contribution in [-0.4, -0.2) is 26.4 Å². The molecule has 0 saturated heterocycles. The number of hydrogen-bond donors (Lipinski definition) is 1. The SMILES string of the molecule is Cc1occc1-c1nnc(SCC(=O)Nc2ccccc2Br)n1CC(C)C. The second kappa shape index (κ2) is 8.75. The second-order valence-electron chi connectivity index (χ2n) is 6.52. The third-order valence-electron chi connectivity index (χ3n) is 3.84. The van der Waals surface area contributed by atoms with Crippen LogP contribution in [0.2, 0.25) is 0 Å². The molecule has 3 rings (SSSR count). The number of nitrogens with zero attached hydrogens (tertiary/aromatic N) is 3. The molecule has 0 saturated carbocycles. The molecule has 142 valence electrons. The summed E-state index contributed by atoms with van der Waals surface area (Å²) >= 11 is 4.81. The summed E-state index contributed by atoms with van der Waals surface area (Å²) in [5.74, 6) is 2.15. The monoisotopic (exact) mass is 448 g/mol. The number of anilines is 1. The van der Waals surface area contributed by atoms with Gasteiger partial charge in [-0.2, -0.15) is 0 Å². The topological polar surface area (TPSA) is 72.9 Å². The first-order valence-electron chi connectivity index (χ1n) is 8.60. The summed E-state index contributed by atoms with van der Waals surface area (Å²) in [7, 11) is 0. The van der Waals surface area contributed by atoms with E-state index in [1.807, 2.05) is 37.3 Å². The van der Waals surface area contributed by atoms with Crippen LogP contribution in [-0.2, 0) is 11.3 Å². The van der Waals surface area contributed by atoms with Gasteiger partial charge in [0.2, 0.25) is 5.91 Å². The molecular weight excluding hydrogens is 428 g/mol. The van der Waals surface area contributed by atoms with Crippen molar-refractivity contribution in [2.24, 2.45) is 5.92 Å². The first-order valence-corrected chi connectivity index (χ1v) is 10.4. The molecule has 0 spiro atoms. The Morgan fingerprint density at radius 1 is 1.30 bits per heavy atom. The highest BCUT2D eigenvalue weighted by Gasteiger charge is 2.19. The fraction of sp³-hybridized carbons (Fsp3) is 0.316. The smallest absolute Gasteiger partial charge is 0.234 e. The maximum Gasteiger partial charge on any atom is 0.234 e. The number of halogens is 1. The first-order chi connectivity index (χ1) is 13.0. The van der Waals surface area contributed by atoms with E-state index < -0.39 is 0 Å². The van der Waals surface area contributed by atoms with Crippen LogP contribution < -0.4 is 5.32 Å². The molecule has 0 atom stereocenters. The van der Waals surface area contributed by atoms with Crippen molar-refractivity contribution in [3.8, 4) is 11.4 Å². The molecule has 2 heterocycles. The number of aromatic nitrogens is 3. The maximum atomic E-state index is 12.3. The van der Waals surface area contributed by atoms with Gasteiger partial charge in [0.1, 0.15) is 5.76 Å². The predicted octanol–water partition coefficient (Wildman–Crippen LogP) is 5.00. The van der Waals surface area contributed by atoms with Crippen LogP contribution >= 0.6 is 27.7 Å². The Bertz CT molecular complexity index is 935. The highest BCUT2D eigenvalue weighted by molar-refractivity contribution is 9.10. The van der Waals surface area contributed by atoms with Gasteiger partial charge >= 0.3 is 0 Å². The van der Waals surface area contributed by atoms with Gasteiger partial charge in [0, 0.05) is 11.0 Å². The Kier molecular flexibility index (Phi) is 6.38. The lowest BCUT2D eigenvalue weighted by Gasteiger charge is -2.12. The fourth-order valence-electron chi connectivity index (χ4n) is 2.62. The minimum atomic E-state index is -0.0907. The average molecular weight is 449 g/mol. The molecule has 1 amide bonds. The number of thioether (sulfide) groups is 1. The molecule has 27 heavy (non-hydrogen) atoms. The van der Waals surface area contributed by atoms with Crippen LogP contribution in [0.25, 0.3) is 11.4 Å². The maximum absolute atomic E-state index is 12.3. The molecule has 3 aromatic rings. The first kappa shape index (κ1) is 19.7. The molecule has 8 heteroatoms. The highest BCUT2D eigenvalue weighted by Crippen LogP contribution is 2.28. The van der Waals surface area contributed by atoms with E-state index in [0.717, 1.165) is 39.0 Å². The molecule has 2 aromatic heterocycles. The fourth-order valence-corrected chi connectivity index (χ4v) is 3.75. The van der Waals surface area contributed by atoms with Crippen LogP contribution in [0.3, 0.4) is 0 Å². The number of para-hydroxylation sites is 1.